The molecule has 1 aromatic carbocycles. The molecule has 7 heteroatoms. The average Bonchev–Trinajstić information content (AvgIpc) is 2.39. The van der Waals surface area contributed by atoms with E-state index in [1.807, 2.05) is 31.1 Å². The molecule has 0 saturated carbocycles. The quantitative estimate of drug-likeness (QED) is 0.735. The van der Waals surface area contributed by atoms with Gasteiger partial charge in [-0.25, -0.2) is 8.42 Å². The van der Waals surface area contributed by atoms with Crippen molar-refractivity contribution in [3.8, 4) is 0 Å². The molecule has 0 amide bonds. The van der Waals surface area contributed by atoms with Crippen molar-refractivity contribution in [2.45, 2.75) is 19.4 Å². The van der Waals surface area contributed by atoms with Gasteiger partial charge in [-0.3, -0.25) is 9.52 Å². The first-order chi connectivity index (χ1) is 9.84. The van der Waals surface area contributed by atoms with Crippen LogP contribution in [-0.2, 0) is 26.1 Å². The normalized spacial score (nSPS) is 11.4. The average molecular weight is 314 g/mol. The lowest BCUT2D eigenvalue weighted by Gasteiger charge is -2.15. The van der Waals surface area contributed by atoms with Crippen LogP contribution in [0.1, 0.15) is 18.4 Å². The monoisotopic (exact) mass is 314 g/mol. The summed E-state index contributed by atoms with van der Waals surface area (Å²) in [5, 5.41) is 0. The Kier molecular flexibility index (Phi) is 6.64. The minimum Gasteiger partial charge on any atom is -0.469 e. The Morgan fingerprint density at radius 1 is 1.29 bits per heavy atom. The van der Waals surface area contributed by atoms with Crippen LogP contribution >= 0.6 is 0 Å². The molecule has 1 N–H and O–H groups in total. The molecule has 1 rings (SSSR count). The molecule has 0 heterocycles. The highest BCUT2D eigenvalue weighted by atomic mass is 32.2. The lowest BCUT2D eigenvalue weighted by Crippen LogP contribution is -2.20. The van der Waals surface area contributed by atoms with Gasteiger partial charge in [-0.1, -0.05) is 18.2 Å². The standard InChI is InChI=1S/C14H22N2O4S/c1-16(2)11-12-7-4-5-8-13(12)15-21(18,19)10-6-9-14(17)20-3/h4-5,7-8,15H,6,9-11H2,1-3H3. The van der Waals surface area contributed by atoms with Crippen LogP contribution in [-0.4, -0.2) is 46.2 Å². The highest BCUT2D eigenvalue weighted by molar-refractivity contribution is 7.92. The molecule has 0 radical (unpaired) electrons. The van der Waals surface area contributed by atoms with Crippen molar-refractivity contribution >= 4 is 21.7 Å². The molecule has 21 heavy (non-hydrogen) atoms. The summed E-state index contributed by atoms with van der Waals surface area (Å²) in [6.45, 7) is 0.640. The minimum absolute atomic E-state index is 0.0940. The molecule has 118 valence electrons. The number of sulfonamides is 1. The molecule has 0 spiro atoms. The highest BCUT2D eigenvalue weighted by Gasteiger charge is 2.14. The van der Waals surface area contributed by atoms with Gasteiger partial charge in [0.1, 0.15) is 0 Å². The fraction of sp³-hybridized carbons (Fsp3) is 0.500. The fourth-order valence-corrected chi connectivity index (χ4v) is 2.99. The Hall–Kier alpha value is -1.60. The number of rotatable bonds is 8. The van der Waals surface area contributed by atoms with Gasteiger partial charge in [0, 0.05) is 13.0 Å². The molecule has 0 aliphatic carbocycles. The number of carbonyl (C=O) groups is 1. The number of ether oxygens (including phenoxy) is 1. The molecule has 6 nitrogen and oxygen atoms in total. The number of anilines is 1. The second kappa shape index (κ2) is 7.99. The predicted molar refractivity (Wildman–Crippen MR) is 82.5 cm³/mol. The van der Waals surface area contributed by atoms with Crippen molar-refractivity contribution in [3.63, 3.8) is 0 Å². The van der Waals surface area contributed by atoms with Crippen LogP contribution in [0.2, 0.25) is 0 Å². The van der Waals surface area contributed by atoms with E-state index in [4.69, 9.17) is 0 Å². The van der Waals surface area contributed by atoms with Crippen LogP contribution in [0.4, 0.5) is 5.69 Å². The summed E-state index contributed by atoms with van der Waals surface area (Å²) in [7, 11) is 1.65. The number of methoxy groups -OCH3 is 1. The van der Waals surface area contributed by atoms with E-state index in [2.05, 4.69) is 9.46 Å². The molecule has 0 unspecified atom stereocenters. The van der Waals surface area contributed by atoms with Gasteiger partial charge in [0.2, 0.25) is 10.0 Å². The fourth-order valence-electron chi connectivity index (χ4n) is 1.83. The Morgan fingerprint density at radius 2 is 1.95 bits per heavy atom. The van der Waals surface area contributed by atoms with Gasteiger partial charge in [0.25, 0.3) is 0 Å². The molecule has 0 atom stereocenters. The van der Waals surface area contributed by atoms with E-state index in [1.165, 1.54) is 7.11 Å². The van der Waals surface area contributed by atoms with Gasteiger partial charge in [-0.2, -0.15) is 0 Å². The number of para-hydroxylation sites is 1. The Bertz CT molecular complexity index is 570. The zero-order valence-electron chi connectivity index (χ0n) is 12.6. The van der Waals surface area contributed by atoms with Crippen molar-refractivity contribution < 1.29 is 17.9 Å². The van der Waals surface area contributed by atoms with E-state index >= 15 is 0 Å². The maximum Gasteiger partial charge on any atom is 0.305 e. The second-order valence-corrected chi connectivity index (χ2v) is 6.84. The van der Waals surface area contributed by atoms with Crippen molar-refractivity contribution in [2.24, 2.45) is 0 Å². The van der Waals surface area contributed by atoms with Crippen LogP contribution < -0.4 is 4.72 Å². The summed E-state index contributed by atoms with van der Waals surface area (Å²) in [6.07, 6.45) is 0.328. The van der Waals surface area contributed by atoms with Gasteiger partial charge in [-0.15, -0.1) is 0 Å². The molecule has 0 aromatic heterocycles. The number of benzene rings is 1. The van der Waals surface area contributed by atoms with E-state index in [9.17, 15) is 13.2 Å². The second-order valence-electron chi connectivity index (χ2n) is 5.00. The van der Waals surface area contributed by atoms with E-state index in [0.29, 0.717) is 12.2 Å². The summed E-state index contributed by atoms with van der Waals surface area (Å²) in [5.74, 6) is -0.517. The van der Waals surface area contributed by atoms with Crippen molar-refractivity contribution in [3.05, 3.63) is 29.8 Å². The van der Waals surface area contributed by atoms with E-state index in [1.54, 1.807) is 12.1 Å². The number of esters is 1. The molecule has 0 aliphatic heterocycles. The molecule has 0 bridgehead atoms. The SMILES string of the molecule is COC(=O)CCCS(=O)(=O)Nc1ccccc1CN(C)C. The Labute approximate surface area is 126 Å². The van der Waals surface area contributed by atoms with Gasteiger partial charge < -0.3 is 9.64 Å². The first-order valence-electron chi connectivity index (χ1n) is 6.64. The maximum absolute atomic E-state index is 12.0. The predicted octanol–water partition coefficient (Wildman–Crippen LogP) is 1.44. The first kappa shape index (κ1) is 17.5. The Balaban J connectivity index is 2.69. The van der Waals surface area contributed by atoms with Crippen LogP contribution in [0.15, 0.2) is 24.3 Å². The van der Waals surface area contributed by atoms with Crippen molar-refractivity contribution in [2.75, 3.05) is 31.7 Å². The van der Waals surface area contributed by atoms with E-state index in [0.717, 1.165) is 5.56 Å². The zero-order chi connectivity index (χ0) is 15.9. The Morgan fingerprint density at radius 3 is 2.57 bits per heavy atom. The number of nitrogens with one attached hydrogen (secondary N) is 1. The van der Waals surface area contributed by atoms with Gasteiger partial charge in [0.15, 0.2) is 0 Å². The van der Waals surface area contributed by atoms with Crippen LogP contribution in [0.5, 0.6) is 0 Å². The zero-order valence-corrected chi connectivity index (χ0v) is 13.4. The van der Waals surface area contributed by atoms with Crippen LogP contribution in [0, 0.1) is 0 Å². The van der Waals surface area contributed by atoms with E-state index < -0.39 is 16.0 Å². The summed E-state index contributed by atoms with van der Waals surface area (Å²) >= 11 is 0. The third-order valence-electron chi connectivity index (χ3n) is 2.79. The summed E-state index contributed by atoms with van der Waals surface area (Å²) < 4.78 is 31.1. The third-order valence-corrected chi connectivity index (χ3v) is 4.15. The summed E-state index contributed by atoms with van der Waals surface area (Å²) in [6, 6.07) is 7.27. The molecular weight excluding hydrogens is 292 g/mol. The van der Waals surface area contributed by atoms with Crippen LogP contribution in [0.3, 0.4) is 0 Å². The molecule has 0 saturated heterocycles. The van der Waals surface area contributed by atoms with E-state index in [-0.39, 0.29) is 18.6 Å². The molecule has 0 fully saturated rings. The lowest BCUT2D eigenvalue weighted by molar-refractivity contribution is -0.140. The maximum atomic E-state index is 12.0. The highest BCUT2D eigenvalue weighted by Crippen LogP contribution is 2.18. The van der Waals surface area contributed by atoms with Crippen molar-refractivity contribution in [1.82, 2.24) is 4.90 Å². The number of hydrogen-bond donors (Lipinski definition) is 1. The number of carbonyl (C=O) groups excluding carboxylic acids is 1. The largest absolute Gasteiger partial charge is 0.469 e. The molecule has 0 aliphatic rings. The molecule has 1 aromatic rings. The molecular formula is C14H22N2O4S. The third kappa shape index (κ3) is 6.59. The minimum atomic E-state index is -3.47. The number of hydrogen-bond acceptors (Lipinski definition) is 5. The lowest BCUT2D eigenvalue weighted by atomic mass is 10.2. The summed E-state index contributed by atoms with van der Waals surface area (Å²) in [4.78, 5) is 13.0. The number of nitrogens with zero attached hydrogens (tertiary/aromatic N) is 1. The first-order valence-corrected chi connectivity index (χ1v) is 8.29. The van der Waals surface area contributed by atoms with Gasteiger partial charge >= 0.3 is 5.97 Å². The topological polar surface area (TPSA) is 75.7 Å². The van der Waals surface area contributed by atoms with Crippen LogP contribution in [0.25, 0.3) is 0 Å². The summed E-state index contributed by atoms with van der Waals surface area (Å²) in [5.41, 5.74) is 1.48. The van der Waals surface area contributed by atoms with Gasteiger partial charge in [-0.05, 0) is 32.1 Å². The van der Waals surface area contributed by atoms with Gasteiger partial charge in [0.05, 0.1) is 18.6 Å². The van der Waals surface area contributed by atoms with Crippen molar-refractivity contribution in [1.29, 1.82) is 0 Å². The smallest absolute Gasteiger partial charge is 0.305 e.